The summed E-state index contributed by atoms with van der Waals surface area (Å²) in [5.74, 6) is -0.831. The second-order valence-corrected chi connectivity index (χ2v) is 7.47. The molecule has 1 N–H and O–H groups in total. The Morgan fingerprint density at radius 3 is 2.71 bits per heavy atom. The third-order valence-electron chi connectivity index (χ3n) is 3.00. The molecule has 0 aliphatic carbocycles. The van der Waals surface area contributed by atoms with Crippen LogP contribution in [0, 0.1) is 12.7 Å². The van der Waals surface area contributed by atoms with Crippen LogP contribution in [0.15, 0.2) is 51.6 Å². The quantitative estimate of drug-likeness (QED) is 0.689. The van der Waals surface area contributed by atoms with Crippen LogP contribution < -0.4 is 5.32 Å². The predicted molar refractivity (Wildman–Crippen MR) is 94.6 cm³/mol. The fourth-order valence-corrected chi connectivity index (χ4v) is 3.79. The van der Waals surface area contributed by atoms with E-state index in [1.54, 1.807) is 25.1 Å². The second kappa shape index (κ2) is 7.29. The summed E-state index contributed by atoms with van der Waals surface area (Å²) >= 11 is 8.37. The van der Waals surface area contributed by atoms with Crippen LogP contribution in [-0.4, -0.2) is 15.5 Å². The number of hydrogen-bond donors (Lipinski definition) is 1. The van der Waals surface area contributed by atoms with Gasteiger partial charge in [-0.05, 0) is 66.5 Å². The molecule has 0 fully saturated rings. The van der Waals surface area contributed by atoms with E-state index in [0.29, 0.717) is 14.9 Å². The maximum atomic E-state index is 13.4. The lowest BCUT2D eigenvalue weighted by molar-refractivity contribution is 0.101. The molecule has 3 aromatic rings. The zero-order valence-electron chi connectivity index (χ0n) is 12.4. The van der Waals surface area contributed by atoms with Crippen molar-refractivity contribution in [3.8, 4) is 0 Å². The number of hydrogen-bond acceptors (Lipinski definition) is 5. The third-order valence-corrected chi connectivity index (χ3v) is 5.13. The second-order valence-electron chi connectivity index (χ2n) is 4.94. The van der Waals surface area contributed by atoms with Gasteiger partial charge < -0.3 is 5.32 Å². The molecule has 0 saturated carbocycles. The van der Waals surface area contributed by atoms with Crippen LogP contribution in [0.3, 0.4) is 0 Å². The first kappa shape index (κ1) is 16.9. The first-order chi connectivity index (χ1) is 11.5. The van der Waals surface area contributed by atoms with Crippen LogP contribution in [0.25, 0.3) is 0 Å². The molecule has 0 aliphatic heterocycles. The van der Waals surface area contributed by atoms with Gasteiger partial charge in [-0.3, -0.25) is 4.79 Å². The third kappa shape index (κ3) is 4.11. The Kier molecular flexibility index (Phi) is 5.13. The lowest BCUT2D eigenvalue weighted by atomic mass is 10.2. The molecule has 0 aliphatic rings. The van der Waals surface area contributed by atoms with Gasteiger partial charge in [-0.1, -0.05) is 27.9 Å². The van der Waals surface area contributed by atoms with E-state index in [1.165, 1.54) is 23.9 Å². The topological polar surface area (TPSA) is 54.9 Å². The highest BCUT2D eigenvalue weighted by molar-refractivity contribution is 8.01. The van der Waals surface area contributed by atoms with Crippen molar-refractivity contribution in [3.63, 3.8) is 0 Å². The number of benzene rings is 2. The molecule has 4 nitrogen and oxygen atoms in total. The van der Waals surface area contributed by atoms with E-state index >= 15 is 0 Å². The Hall–Kier alpha value is -1.96. The number of rotatable bonds is 4. The molecular formula is C16H11ClFN3OS2. The van der Waals surface area contributed by atoms with Crippen molar-refractivity contribution in [2.24, 2.45) is 0 Å². The molecule has 0 atom stereocenters. The molecule has 122 valence electrons. The number of aromatic nitrogens is 2. The fourth-order valence-electron chi connectivity index (χ4n) is 2.00. The summed E-state index contributed by atoms with van der Waals surface area (Å²) in [6, 6.07) is 11.6. The first-order valence-electron chi connectivity index (χ1n) is 6.85. The molecule has 3 rings (SSSR count). The molecule has 24 heavy (non-hydrogen) atoms. The minimum Gasteiger partial charge on any atom is -0.320 e. The minimum atomic E-state index is -0.426. The Morgan fingerprint density at radius 2 is 2.00 bits per heavy atom. The predicted octanol–water partition coefficient (Wildman–Crippen LogP) is 5.04. The summed E-state index contributed by atoms with van der Waals surface area (Å²) in [7, 11) is 0. The number of aryl methyl sites for hydroxylation is 1. The van der Waals surface area contributed by atoms with Gasteiger partial charge in [-0.15, -0.1) is 5.10 Å². The van der Waals surface area contributed by atoms with E-state index < -0.39 is 11.7 Å². The summed E-state index contributed by atoms with van der Waals surface area (Å²) < 4.78 is 17.9. The lowest BCUT2D eigenvalue weighted by Gasteiger charge is -2.06. The van der Waals surface area contributed by atoms with Crippen molar-refractivity contribution in [2.75, 3.05) is 5.32 Å². The maximum absolute atomic E-state index is 13.4. The molecule has 1 aromatic heterocycles. The van der Waals surface area contributed by atoms with E-state index in [9.17, 15) is 9.18 Å². The maximum Gasteiger partial charge on any atom is 0.278 e. The van der Waals surface area contributed by atoms with E-state index in [2.05, 4.69) is 14.9 Å². The zero-order valence-corrected chi connectivity index (χ0v) is 14.8. The van der Waals surface area contributed by atoms with Gasteiger partial charge in [0.1, 0.15) is 10.0 Å². The first-order valence-corrected chi connectivity index (χ1v) is 8.82. The minimum absolute atomic E-state index is 0.210. The number of anilines is 1. The van der Waals surface area contributed by atoms with Crippen molar-refractivity contribution < 1.29 is 9.18 Å². The van der Waals surface area contributed by atoms with Crippen molar-refractivity contribution in [1.82, 2.24) is 9.59 Å². The van der Waals surface area contributed by atoms with E-state index in [4.69, 9.17) is 11.6 Å². The normalized spacial score (nSPS) is 10.6. The molecule has 0 spiro atoms. The highest BCUT2D eigenvalue weighted by atomic mass is 35.5. The monoisotopic (exact) mass is 379 g/mol. The fraction of sp³-hybridized carbons (Fsp3) is 0.0625. The van der Waals surface area contributed by atoms with Crippen molar-refractivity contribution in [3.05, 3.63) is 64.6 Å². The average Bonchev–Trinajstić information content (AvgIpc) is 2.97. The van der Waals surface area contributed by atoms with E-state index in [1.807, 2.05) is 12.1 Å². The smallest absolute Gasteiger partial charge is 0.278 e. The van der Waals surface area contributed by atoms with Gasteiger partial charge in [-0.25, -0.2) is 4.39 Å². The summed E-state index contributed by atoms with van der Waals surface area (Å²) in [6.45, 7) is 1.75. The molecule has 0 unspecified atom stereocenters. The number of halogens is 2. The van der Waals surface area contributed by atoms with Gasteiger partial charge in [0.05, 0.1) is 0 Å². The standard InChI is InChI=1S/C16H11ClFN3OS2/c1-9-6-11(18)8-12(7-9)19-15(22)14-16(24-21-20-14)23-13-4-2-10(17)3-5-13/h2-8H,1H3,(H,19,22). The Labute approximate surface area is 151 Å². The molecule has 0 radical (unpaired) electrons. The average molecular weight is 380 g/mol. The SMILES string of the molecule is Cc1cc(F)cc(NC(=O)c2nnsc2Sc2ccc(Cl)cc2)c1. The largest absolute Gasteiger partial charge is 0.320 e. The van der Waals surface area contributed by atoms with Crippen molar-refractivity contribution in [2.45, 2.75) is 16.0 Å². The van der Waals surface area contributed by atoms with Gasteiger partial charge in [0.25, 0.3) is 5.91 Å². The zero-order chi connectivity index (χ0) is 17.1. The molecule has 2 aromatic carbocycles. The van der Waals surface area contributed by atoms with Crippen LogP contribution in [0.4, 0.5) is 10.1 Å². The number of nitrogens with one attached hydrogen (secondary N) is 1. The van der Waals surface area contributed by atoms with Crippen LogP contribution in [-0.2, 0) is 0 Å². The highest BCUT2D eigenvalue weighted by Gasteiger charge is 2.18. The number of carbonyl (C=O) groups is 1. The summed E-state index contributed by atoms with van der Waals surface area (Å²) in [4.78, 5) is 13.3. The van der Waals surface area contributed by atoms with Crippen LogP contribution in [0.5, 0.6) is 0 Å². The number of nitrogens with zero attached hydrogens (tertiary/aromatic N) is 2. The van der Waals surface area contributed by atoms with Gasteiger partial charge in [0, 0.05) is 15.6 Å². The van der Waals surface area contributed by atoms with Gasteiger partial charge in [0.15, 0.2) is 5.69 Å². The Morgan fingerprint density at radius 1 is 1.25 bits per heavy atom. The van der Waals surface area contributed by atoms with E-state index in [0.717, 1.165) is 22.0 Å². The molecule has 1 amide bonds. The van der Waals surface area contributed by atoms with Gasteiger partial charge in [0.2, 0.25) is 0 Å². The number of carbonyl (C=O) groups excluding carboxylic acids is 1. The molecule has 1 heterocycles. The van der Waals surface area contributed by atoms with Crippen LogP contribution >= 0.6 is 34.9 Å². The van der Waals surface area contributed by atoms with Crippen molar-refractivity contribution >= 4 is 46.5 Å². The molecule has 0 saturated heterocycles. The van der Waals surface area contributed by atoms with E-state index in [-0.39, 0.29) is 5.69 Å². The molecule has 0 bridgehead atoms. The molecular weight excluding hydrogens is 369 g/mol. The summed E-state index contributed by atoms with van der Waals surface area (Å²) in [5.41, 5.74) is 1.31. The van der Waals surface area contributed by atoms with Crippen LogP contribution in [0.1, 0.15) is 16.1 Å². The van der Waals surface area contributed by atoms with Gasteiger partial charge in [-0.2, -0.15) is 0 Å². The Bertz CT molecular complexity index is 863. The Balaban J connectivity index is 1.78. The summed E-state index contributed by atoms with van der Waals surface area (Å²) in [5, 5.41) is 7.18. The number of amides is 1. The molecule has 8 heteroatoms. The van der Waals surface area contributed by atoms with Crippen LogP contribution in [0.2, 0.25) is 5.02 Å². The highest BCUT2D eigenvalue weighted by Crippen LogP contribution is 2.33. The lowest BCUT2D eigenvalue weighted by Crippen LogP contribution is -2.13. The summed E-state index contributed by atoms with van der Waals surface area (Å²) in [6.07, 6.45) is 0. The van der Waals surface area contributed by atoms with Gasteiger partial charge >= 0.3 is 0 Å². The van der Waals surface area contributed by atoms with Crippen molar-refractivity contribution in [1.29, 1.82) is 0 Å².